The molecule has 1 fully saturated rings. The molecular weight excluding hydrogens is 404 g/mol. The molecule has 1 amide bonds. The fourth-order valence-electron chi connectivity index (χ4n) is 4.60. The third kappa shape index (κ3) is 4.40. The lowest BCUT2D eigenvalue weighted by Crippen LogP contribution is -2.44. The number of para-hydroxylation sites is 2. The molecule has 0 spiro atoms. The minimum absolute atomic E-state index is 0.0808. The molecule has 1 unspecified atom stereocenters. The Morgan fingerprint density at radius 2 is 1.66 bits per heavy atom. The van der Waals surface area contributed by atoms with Gasteiger partial charge >= 0.3 is 5.76 Å². The van der Waals surface area contributed by atoms with Gasteiger partial charge in [0.2, 0.25) is 5.91 Å². The average Bonchev–Trinajstić information content (AvgIpc) is 3.13. The maximum absolute atomic E-state index is 13.1. The maximum Gasteiger partial charge on any atom is 0.420 e. The van der Waals surface area contributed by atoms with Crippen LogP contribution < -0.4 is 5.76 Å². The molecule has 1 aromatic heterocycles. The van der Waals surface area contributed by atoms with Gasteiger partial charge in [0.05, 0.1) is 5.52 Å². The second-order valence-electron chi connectivity index (χ2n) is 9.14. The van der Waals surface area contributed by atoms with E-state index in [-0.39, 0.29) is 17.6 Å². The molecule has 1 saturated heterocycles. The Morgan fingerprint density at radius 1 is 1.00 bits per heavy atom. The average molecular weight is 435 g/mol. The summed E-state index contributed by atoms with van der Waals surface area (Å²) in [5.41, 5.74) is 3.07. The number of carbonyl (C=O) groups is 2. The molecule has 2 heterocycles. The van der Waals surface area contributed by atoms with Crippen molar-refractivity contribution in [3.63, 3.8) is 0 Å². The number of piperidine rings is 1. The van der Waals surface area contributed by atoms with E-state index >= 15 is 0 Å². The lowest BCUT2D eigenvalue weighted by atomic mass is 9.88. The molecule has 4 rings (SSSR count). The molecular formula is C26H30N2O4. The molecule has 0 N–H and O–H groups in total. The van der Waals surface area contributed by atoms with Gasteiger partial charge in [-0.2, -0.15) is 0 Å². The lowest BCUT2D eigenvalue weighted by Gasteiger charge is -2.33. The summed E-state index contributed by atoms with van der Waals surface area (Å²) in [5, 5.41) is 0. The Bertz CT molecular complexity index is 1160. The smallest absolute Gasteiger partial charge is 0.408 e. The van der Waals surface area contributed by atoms with Crippen molar-refractivity contribution in [3.8, 4) is 0 Å². The van der Waals surface area contributed by atoms with Crippen LogP contribution in [0.3, 0.4) is 0 Å². The van der Waals surface area contributed by atoms with Gasteiger partial charge in [0.1, 0.15) is 6.04 Å². The number of oxazole rings is 1. The van der Waals surface area contributed by atoms with Crippen LogP contribution in [0.25, 0.3) is 11.1 Å². The molecule has 168 valence electrons. The molecule has 6 heteroatoms. The van der Waals surface area contributed by atoms with E-state index < -0.39 is 11.8 Å². The highest BCUT2D eigenvalue weighted by Crippen LogP contribution is 2.25. The minimum Gasteiger partial charge on any atom is -0.408 e. The van der Waals surface area contributed by atoms with Gasteiger partial charge in [0, 0.05) is 24.6 Å². The number of benzene rings is 2. The van der Waals surface area contributed by atoms with Crippen molar-refractivity contribution < 1.29 is 14.0 Å². The van der Waals surface area contributed by atoms with Crippen LogP contribution in [0.4, 0.5) is 0 Å². The zero-order valence-corrected chi connectivity index (χ0v) is 18.9. The second kappa shape index (κ2) is 9.15. The molecule has 2 aromatic carbocycles. The number of hydrogen-bond acceptors (Lipinski definition) is 4. The summed E-state index contributed by atoms with van der Waals surface area (Å²) in [6, 6.07) is 14.4. The molecule has 6 nitrogen and oxygen atoms in total. The highest BCUT2D eigenvalue weighted by molar-refractivity contribution is 5.98. The molecule has 1 aliphatic rings. The summed E-state index contributed by atoms with van der Waals surface area (Å²) >= 11 is 0. The number of rotatable bonds is 6. The Hall–Kier alpha value is -3.15. The Kier molecular flexibility index (Phi) is 6.31. The number of fused-ring (bicyclic) bond motifs is 1. The predicted molar refractivity (Wildman–Crippen MR) is 124 cm³/mol. The number of nitrogens with zero attached hydrogens (tertiary/aromatic N) is 2. The molecule has 0 saturated carbocycles. The fraction of sp³-hybridized carbons (Fsp3) is 0.423. The molecule has 0 radical (unpaired) electrons. The summed E-state index contributed by atoms with van der Waals surface area (Å²) in [4.78, 5) is 40.2. The van der Waals surface area contributed by atoms with Gasteiger partial charge in [0.15, 0.2) is 11.4 Å². The third-order valence-electron chi connectivity index (χ3n) is 6.32. The topological polar surface area (TPSA) is 72.5 Å². The number of amides is 1. The largest absolute Gasteiger partial charge is 0.420 e. The van der Waals surface area contributed by atoms with Gasteiger partial charge in [0.25, 0.3) is 0 Å². The van der Waals surface area contributed by atoms with Crippen molar-refractivity contribution in [3.05, 3.63) is 70.2 Å². The first-order valence-electron chi connectivity index (χ1n) is 11.4. The van der Waals surface area contributed by atoms with Gasteiger partial charge in [-0.05, 0) is 49.8 Å². The van der Waals surface area contributed by atoms with Gasteiger partial charge in [-0.1, -0.05) is 50.2 Å². The molecule has 1 atom stereocenters. The summed E-state index contributed by atoms with van der Waals surface area (Å²) in [6.07, 6.45) is 2.26. The van der Waals surface area contributed by atoms with Crippen LogP contribution in [0.5, 0.6) is 0 Å². The highest BCUT2D eigenvalue weighted by atomic mass is 16.4. The number of likely N-dealkylation sites (tertiary alicyclic amines) is 1. The van der Waals surface area contributed by atoms with E-state index in [2.05, 4.69) is 13.8 Å². The second-order valence-corrected chi connectivity index (χ2v) is 9.14. The fourth-order valence-corrected chi connectivity index (χ4v) is 4.60. The van der Waals surface area contributed by atoms with E-state index in [9.17, 15) is 14.4 Å². The van der Waals surface area contributed by atoms with Gasteiger partial charge in [-0.25, -0.2) is 4.79 Å². The Balaban J connectivity index is 1.39. The number of ketones is 1. The number of hydrogen-bond donors (Lipinski definition) is 0. The predicted octanol–water partition coefficient (Wildman–Crippen LogP) is 4.48. The van der Waals surface area contributed by atoms with Crippen LogP contribution in [0.1, 0.15) is 55.6 Å². The Labute approximate surface area is 187 Å². The van der Waals surface area contributed by atoms with E-state index in [1.807, 2.05) is 30.3 Å². The van der Waals surface area contributed by atoms with Crippen LogP contribution in [0.15, 0.2) is 57.7 Å². The maximum atomic E-state index is 13.1. The van der Waals surface area contributed by atoms with E-state index in [1.54, 1.807) is 30.0 Å². The first kappa shape index (κ1) is 22.1. The highest BCUT2D eigenvalue weighted by Gasteiger charge is 2.31. The van der Waals surface area contributed by atoms with Crippen LogP contribution in [-0.4, -0.2) is 34.2 Å². The number of carbonyl (C=O) groups excluding carboxylic acids is 2. The van der Waals surface area contributed by atoms with Crippen molar-refractivity contribution in [2.24, 2.45) is 11.8 Å². The van der Waals surface area contributed by atoms with E-state index in [0.717, 1.165) is 12.0 Å². The molecule has 0 aliphatic carbocycles. The lowest BCUT2D eigenvalue weighted by molar-refractivity contribution is -0.135. The number of Topliss-reactive ketones (excluding diaryl/α,β-unsaturated/α-hetero) is 1. The zero-order valence-electron chi connectivity index (χ0n) is 18.9. The molecule has 32 heavy (non-hydrogen) atoms. The first-order chi connectivity index (χ1) is 15.3. The van der Waals surface area contributed by atoms with Crippen molar-refractivity contribution in [2.45, 2.75) is 46.1 Å². The van der Waals surface area contributed by atoms with Crippen LogP contribution in [0.2, 0.25) is 0 Å². The van der Waals surface area contributed by atoms with Crippen molar-refractivity contribution in [2.75, 3.05) is 13.1 Å². The van der Waals surface area contributed by atoms with Crippen molar-refractivity contribution in [1.82, 2.24) is 9.47 Å². The van der Waals surface area contributed by atoms with Gasteiger partial charge in [-0.15, -0.1) is 0 Å². The zero-order chi connectivity index (χ0) is 22.8. The van der Waals surface area contributed by atoms with Crippen LogP contribution in [0, 0.1) is 11.8 Å². The van der Waals surface area contributed by atoms with E-state index in [0.29, 0.717) is 42.9 Å². The van der Waals surface area contributed by atoms with Crippen molar-refractivity contribution in [1.29, 1.82) is 0 Å². The Morgan fingerprint density at radius 3 is 2.31 bits per heavy atom. The summed E-state index contributed by atoms with van der Waals surface area (Å²) in [5.74, 6) is -0.00149. The summed E-state index contributed by atoms with van der Waals surface area (Å²) < 4.78 is 6.69. The van der Waals surface area contributed by atoms with Gasteiger partial charge < -0.3 is 9.32 Å². The standard InChI is InChI=1S/C26H30N2O4/c1-17(2)16-19-8-10-20(11-9-19)24(29)21-12-14-27(15-13-21)25(30)18(3)28-22-6-4-5-7-23(22)32-26(28)31/h4-11,17-18,21H,12-16H2,1-3H3. The van der Waals surface area contributed by atoms with Crippen LogP contribution in [-0.2, 0) is 11.2 Å². The summed E-state index contributed by atoms with van der Waals surface area (Å²) in [6.45, 7) is 7.10. The number of aromatic nitrogens is 1. The summed E-state index contributed by atoms with van der Waals surface area (Å²) in [7, 11) is 0. The minimum atomic E-state index is -0.660. The van der Waals surface area contributed by atoms with Crippen LogP contribution >= 0.6 is 0 Å². The third-order valence-corrected chi connectivity index (χ3v) is 6.32. The molecule has 0 bridgehead atoms. The van der Waals surface area contributed by atoms with Crippen molar-refractivity contribution >= 4 is 22.8 Å². The van der Waals surface area contributed by atoms with E-state index in [4.69, 9.17) is 4.42 Å². The molecule has 1 aliphatic heterocycles. The van der Waals surface area contributed by atoms with Gasteiger partial charge in [-0.3, -0.25) is 14.2 Å². The SMILES string of the molecule is CC(C)Cc1ccc(C(=O)C2CCN(C(=O)C(C)n3c(=O)oc4ccccc43)CC2)cc1. The normalized spacial score (nSPS) is 15.9. The monoisotopic (exact) mass is 434 g/mol. The first-order valence-corrected chi connectivity index (χ1v) is 11.4. The van der Waals surface area contributed by atoms with E-state index in [1.165, 1.54) is 10.1 Å². The molecule has 3 aromatic rings. The quantitative estimate of drug-likeness (QED) is 0.537.